The summed E-state index contributed by atoms with van der Waals surface area (Å²) in [7, 11) is 0. The first kappa shape index (κ1) is 15.0. The average molecular weight is 337 g/mol. The number of hydrogen-bond donors (Lipinski definition) is 0. The van der Waals surface area contributed by atoms with E-state index in [9.17, 15) is 4.39 Å². The normalized spacial score (nSPS) is 10.9. The van der Waals surface area contributed by atoms with Gasteiger partial charge in [0.05, 0.1) is 0 Å². The summed E-state index contributed by atoms with van der Waals surface area (Å²) < 4.78 is 20.0. The number of hydrogen-bond acceptors (Lipinski definition) is 1. The van der Waals surface area contributed by atoms with E-state index in [-0.39, 0.29) is 5.82 Å². The molecule has 106 valence electrons. The van der Waals surface area contributed by atoms with E-state index >= 15 is 0 Å². The molecule has 20 heavy (non-hydrogen) atoms. The fourth-order valence-corrected chi connectivity index (χ4v) is 2.46. The monoisotopic (exact) mass is 336 g/mol. The van der Waals surface area contributed by atoms with Gasteiger partial charge in [0, 0.05) is 4.47 Å². The number of halogens is 2. The van der Waals surface area contributed by atoms with E-state index in [2.05, 4.69) is 35.8 Å². The summed E-state index contributed by atoms with van der Waals surface area (Å²) in [6.07, 6.45) is 0. The third-order valence-electron chi connectivity index (χ3n) is 3.28. The Hall–Kier alpha value is -1.35. The SMILES string of the molecule is Cc1cc(F)ccc1COc1ccc(Br)cc1C(C)C. The largest absolute Gasteiger partial charge is 0.489 e. The van der Waals surface area contributed by atoms with Gasteiger partial charge in [0.2, 0.25) is 0 Å². The molecule has 2 aromatic rings. The van der Waals surface area contributed by atoms with Gasteiger partial charge in [-0.25, -0.2) is 4.39 Å². The second kappa shape index (κ2) is 6.40. The molecule has 0 spiro atoms. The Morgan fingerprint density at radius 2 is 1.90 bits per heavy atom. The van der Waals surface area contributed by atoms with Crippen LogP contribution in [0.4, 0.5) is 4.39 Å². The minimum Gasteiger partial charge on any atom is -0.489 e. The minimum atomic E-state index is -0.210. The summed E-state index contributed by atoms with van der Waals surface area (Å²) in [4.78, 5) is 0. The molecule has 2 rings (SSSR count). The molecule has 0 radical (unpaired) electrons. The lowest BCUT2D eigenvalue weighted by molar-refractivity contribution is 0.301. The first-order valence-electron chi connectivity index (χ1n) is 6.64. The van der Waals surface area contributed by atoms with Crippen LogP contribution in [0.2, 0.25) is 0 Å². The van der Waals surface area contributed by atoms with Crippen molar-refractivity contribution in [3.63, 3.8) is 0 Å². The molecule has 0 aliphatic carbocycles. The zero-order valence-electron chi connectivity index (χ0n) is 11.9. The van der Waals surface area contributed by atoms with Crippen LogP contribution >= 0.6 is 15.9 Å². The van der Waals surface area contributed by atoms with Crippen molar-refractivity contribution in [1.82, 2.24) is 0 Å². The Labute approximate surface area is 127 Å². The number of aryl methyl sites for hydroxylation is 1. The summed E-state index contributed by atoms with van der Waals surface area (Å²) >= 11 is 3.48. The standard InChI is InChI=1S/C17H18BrFO/c1-11(2)16-9-14(18)5-7-17(16)20-10-13-4-6-15(19)8-12(13)3/h4-9,11H,10H2,1-3H3. The second-order valence-corrected chi connectivity index (χ2v) is 6.11. The van der Waals surface area contributed by atoms with Gasteiger partial charge < -0.3 is 4.74 Å². The van der Waals surface area contributed by atoms with Crippen molar-refractivity contribution in [3.05, 3.63) is 63.4 Å². The minimum absolute atomic E-state index is 0.210. The fraction of sp³-hybridized carbons (Fsp3) is 0.294. The molecule has 0 saturated heterocycles. The predicted molar refractivity (Wildman–Crippen MR) is 83.7 cm³/mol. The second-order valence-electron chi connectivity index (χ2n) is 5.20. The number of benzene rings is 2. The third kappa shape index (κ3) is 3.60. The molecular weight excluding hydrogens is 319 g/mol. The summed E-state index contributed by atoms with van der Waals surface area (Å²) in [5.41, 5.74) is 3.08. The fourth-order valence-electron chi connectivity index (χ4n) is 2.08. The van der Waals surface area contributed by atoms with Crippen LogP contribution in [0.25, 0.3) is 0 Å². The summed E-state index contributed by atoms with van der Waals surface area (Å²) in [5, 5.41) is 0. The van der Waals surface area contributed by atoms with Crippen molar-refractivity contribution >= 4 is 15.9 Å². The van der Waals surface area contributed by atoms with Crippen LogP contribution in [0.3, 0.4) is 0 Å². The van der Waals surface area contributed by atoms with E-state index in [4.69, 9.17) is 4.74 Å². The van der Waals surface area contributed by atoms with Gasteiger partial charge in [-0.15, -0.1) is 0 Å². The molecule has 0 aliphatic rings. The molecule has 0 fully saturated rings. The Morgan fingerprint density at radius 3 is 2.55 bits per heavy atom. The highest BCUT2D eigenvalue weighted by Crippen LogP contribution is 2.30. The van der Waals surface area contributed by atoms with Crippen LogP contribution in [0.5, 0.6) is 5.75 Å². The van der Waals surface area contributed by atoms with E-state index in [1.165, 1.54) is 17.7 Å². The number of rotatable bonds is 4. The predicted octanol–water partition coefficient (Wildman–Crippen LogP) is 5.60. The van der Waals surface area contributed by atoms with Crippen LogP contribution in [-0.2, 0) is 6.61 Å². The van der Waals surface area contributed by atoms with Crippen LogP contribution < -0.4 is 4.74 Å². The van der Waals surface area contributed by atoms with Crippen molar-refractivity contribution in [3.8, 4) is 5.75 Å². The maximum atomic E-state index is 13.1. The highest BCUT2D eigenvalue weighted by Gasteiger charge is 2.09. The van der Waals surface area contributed by atoms with Crippen molar-refractivity contribution < 1.29 is 9.13 Å². The zero-order valence-corrected chi connectivity index (χ0v) is 13.5. The summed E-state index contributed by atoms with van der Waals surface area (Å²) in [6, 6.07) is 10.8. The zero-order chi connectivity index (χ0) is 14.7. The molecule has 0 atom stereocenters. The number of ether oxygens (including phenoxy) is 1. The molecule has 0 saturated carbocycles. The van der Waals surface area contributed by atoms with E-state index in [1.807, 2.05) is 19.1 Å². The van der Waals surface area contributed by atoms with Crippen molar-refractivity contribution in [2.24, 2.45) is 0 Å². The van der Waals surface area contributed by atoms with Gasteiger partial charge in [0.15, 0.2) is 0 Å². The van der Waals surface area contributed by atoms with Crippen molar-refractivity contribution in [2.75, 3.05) is 0 Å². The smallest absolute Gasteiger partial charge is 0.123 e. The maximum absolute atomic E-state index is 13.1. The van der Waals surface area contributed by atoms with E-state index in [0.29, 0.717) is 12.5 Å². The highest BCUT2D eigenvalue weighted by molar-refractivity contribution is 9.10. The van der Waals surface area contributed by atoms with Gasteiger partial charge in [-0.3, -0.25) is 0 Å². The first-order chi connectivity index (χ1) is 9.47. The lowest BCUT2D eigenvalue weighted by atomic mass is 10.0. The van der Waals surface area contributed by atoms with Gasteiger partial charge in [-0.2, -0.15) is 0 Å². The molecule has 0 aromatic heterocycles. The molecule has 0 N–H and O–H groups in total. The molecule has 0 bridgehead atoms. The first-order valence-corrected chi connectivity index (χ1v) is 7.44. The van der Waals surface area contributed by atoms with Crippen LogP contribution in [0.15, 0.2) is 40.9 Å². The van der Waals surface area contributed by atoms with Gasteiger partial charge >= 0.3 is 0 Å². The van der Waals surface area contributed by atoms with E-state index in [1.54, 1.807) is 6.07 Å². The summed E-state index contributed by atoms with van der Waals surface area (Å²) in [5.74, 6) is 1.06. The Bertz CT molecular complexity index is 608. The molecule has 2 aromatic carbocycles. The third-order valence-corrected chi connectivity index (χ3v) is 3.77. The Balaban J connectivity index is 2.18. The van der Waals surface area contributed by atoms with Crippen LogP contribution in [0.1, 0.15) is 36.5 Å². The Kier molecular flexibility index (Phi) is 4.81. The molecule has 1 nitrogen and oxygen atoms in total. The van der Waals surface area contributed by atoms with Crippen LogP contribution in [0, 0.1) is 12.7 Å². The van der Waals surface area contributed by atoms with Crippen molar-refractivity contribution in [2.45, 2.75) is 33.3 Å². The lowest BCUT2D eigenvalue weighted by Gasteiger charge is -2.15. The average Bonchev–Trinajstić information content (AvgIpc) is 2.38. The molecule has 0 amide bonds. The topological polar surface area (TPSA) is 9.23 Å². The van der Waals surface area contributed by atoms with Crippen LogP contribution in [-0.4, -0.2) is 0 Å². The molecule has 3 heteroatoms. The molecule has 0 aliphatic heterocycles. The van der Waals surface area contributed by atoms with E-state index < -0.39 is 0 Å². The van der Waals surface area contributed by atoms with Gasteiger partial charge in [0.25, 0.3) is 0 Å². The molecule has 0 unspecified atom stereocenters. The maximum Gasteiger partial charge on any atom is 0.123 e. The van der Waals surface area contributed by atoms with Gasteiger partial charge in [-0.1, -0.05) is 35.8 Å². The Morgan fingerprint density at radius 1 is 1.15 bits per heavy atom. The molecule has 0 heterocycles. The van der Waals surface area contributed by atoms with E-state index in [0.717, 1.165) is 21.3 Å². The quantitative estimate of drug-likeness (QED) is 0.706. The van der Waals surface area contributed by atoms with Crippen molar-refractivity contribution in [1.29, 1.82) is 0 Å². The van der Waals surface area contributed by atoms with Gasteiger partial charge in [0.1, 0.15) is 18.2 Å². The highest BCUT2D eigenvalue weighted by atomic mass is 79.9. The molecular formula is C17H18BrFO. The van der Waals surface area contributed by atoms with Gasteiger partial charge in [-0.05, 0) is 59.9 Å². The summed E-state index contributed by atoms with van der Waals surface area (Å²) in [6.45, 7) is 6.62. The lowest BCUT2D eigenvalue weighted by Crippen LogP contribution is -2.01.